The van der Waals surface area contributed by atoms with Crippen LogP contribution < -0.4 is 10.0 Å². The van der Waals surface area contributed by atoms with E-state index in [9.17, 15) is 17.6 Å². The van der Waals surface area contributed by atoms with Gasteiger partial charge in [0.25, 0.3) is 15.9 Å². The quantitative estimate of drug-likeness (QED) is 0.372. The second-order valence-electron chi connectivity index (χ2n) is 6.76. The van der Waals surface area contributed by atoms with Gasteiger partial charge < -0.3 is 5.32 Å². The lowest BCUT2D eigenvalue weighted by Crippen LogP contribution is -2.15. The zero-order valence-electron chi connectivity index (χ0n) is 16.3. The summed E-state index contributed by atoms with van der Waals surface area (Å²) in [5, 5.41) is 9.64. The highest BCUT2D eigenvalue weighted by Crippen LogP contribution is 2.27. The van der Waals surface area contributed by atoms with Crippen LogP contribution in [0.5, 0.6) is 0 Å². The third kappa shape index (κ3) is 4.79. The van der Waals surface area contributed by atoms with Gasteiger partial charge in [-0.15, -0.1) is 0 Å². The summed E-state index contributed by atoms with van der Waals surface area (Å²) in [6.45, 7) is 0. The Morgan fingerprint density at radius 2 is 1.78 bits per heavy atom. The molecular weight excluding hydrogens is 455 g/mol. The molecule has 0 saturated carbocycles. The third-order valence-electron chi connectivity index (χ3n) is 4.53. The summed E-state index contributed by atoms with van der Waals surface area (Å²) >= 11 is 6.13. The number of hydrogen-bond donors (Lipinski definition) is 3. The average Bonchev–Trinajstić information content (AvgIpc) is 3.31. The minimum atomic E-state index is -4.03. The Bertz CT molecular complexity index is 1370. The number of carbonyl (C=O) groups excluding carboxylic acids is 1. The van der Waals surface area contributed by atoms with Gasteiger partial charge in [-0.2, -0.15) is 5.10 Å². The number of carbonyl (C=O) groups is 1. The van der Waals surface area contributed by atoms with Gasteiger partial charge in [0.05, 0.1) is 21.3 Å². The summed E-state index contributed by atoms with van der Waals surface area (Å²) in [6.07, 6.45) is 1.63. The SMILES string of the molecule is O=C(Nc1cccc(-c2ccn[nH]2)c1)c1ccc(Cl)c(NS(=O)(=O)c2ccc(F)cc2)c1. The van der Waals surface area contributed by atoms with Crippen LogP contribution in [0, 0.1) is 5.82 Å². The first kappa shape index (κ1) is 21.5. The number of amides is 1. The molecule has 0 aliphatic carbocycles. The van der Waals surface area contributed by atoms with E-state index >= 15 is 0 Å². The van der Waals surface area contributed by atoms with Gasteiger partial charge in [-0.3, -0.25) is 14.6 Å². The number of H-pyrrole nitrogens is 1. The standard InChI is InChI=1S/C22H16ClFN4O3S/c23-19-9-4-15(13-21(19)28-32(30,31)18-7-5-16(24)6-8-18)22(29)26-17-3-1-2-14(12-17)20-10-11-25-27-20/h1-13,28H,(H,25,27)(H,26,29). The average molecular weight is 471 g/mol. The van der Waals surface area contributed by atoms with E-state index in [0.717, 1.165) is 35.5 Å². The Morgan fingerprint density at radius 3 is 2.50 bits per heavy atom. The molecule has 0 saturated heterocycles. The fourth-order valence-electron chi connectivity index (χ4n) is 2.95. The molecule has 0 unspecified atom stereocenters. The molecule has 0 bridgehead atoms. The Kier molecular flexibility index (Phi) is 5.93. The van der Waals surface area contributed by atoms with E-state index in [0.29, 0.717) is 5.69 Å². The topological polar surface area (TPSA) is 104 Å². The second-order valence-corrected chi connectivity index (χ2v) is 8.85. The van der Waals surface area contributed by atoms with E-state index in [-0.39, 0.29) is 21.2 Å². The molecule has 0 aliphatic heterocycles. The minimum Gasteiger partial charge on any atom is -0.322 e. The first-order chi connectivity index (χ1) is 15.3. The molecule has 0 radical (unpaired) electrons. The van der Waals surface area contributed by atoms with Crippen molar-refractivity contribution in [1.29, 1.82) is 0 Å². The number of nitrogens with zero attached hydrogens (tertiary/aromatic N) is 1. The maximum atomic E-state index is 13.1. The monoisotopic (exact) mass is 470 g/mol. The highest BCUT2D eigenvalue weighted by Gasteiger charge is 2.17. The number of anilines is 2. The van der Waals surface area contributed by atoms with Gasteiger partial charge in [0.2, 0.25) is 0 Å². The van der Waals surface area contributed by atoms with Crippen LogP contribution in [0.3, 0.4) is 0 Å². The lowest BCUT2D eigenvalue weighted by atomic mass is 10.1. The molecule has 7 nitrogen and oxygen atoms in total. The van der Waals surface area contributed by atoms with Gasteiger partial charge in [-0.05, 0) is 60.7 Å². The highest BCUT2D eigenvalue weighted by atomic mass is 35.5. The molecule has 1 amide bonds. The number of rotatable bonds is 6. The number of nitrogens with one attached hydrogen (secondary N) is 3. The molecule has 4 aromatic rings. The predicted molar refractivity (Wildman–Crippen MR) is 121 cm³/mol. The number of halogens is 2. The fourth-order valence-corrected chi connectivity index (χ4v) is 4.24. The Hall–Kier alpha value is -3.69. The molecule has 0 spiro atoms. The van der Waals surface area contributed by atoms with Crippen LogP contribution in [0.1, 0.15) is 10.4 Å². The lowest BCUT2D eigenvalue weighted by Gasteiger charge is -2.12. The molecule has 1 heterocycles. The summed E-state index contributed by atoms with van der Waals surface area (Å²) in [5.41, 5.74) is 2.40. The van der Waals surface area contributed by atoms with E-state index < -0.39 is 21.7 Å². The molecule has 32 heavy (non-hydrogen) atoms. The molecule has 162 valence electrons. The summed E-state index contributed by atoms with van der Waals surface area (Å²) in [5.74, 6) is -1.01. The molecule has 10 heteroatoms. The Balaban J connectivity index is 1.55. The number of sulfonamides is 1. The number of benzene rings is 3. The maximum absolute atomic E-state index is 13.1. The zero-order valence-corrected chi connectivity index (χ0v) is 17.9. The Labute approximate surface area is 188 Å². The van der Waals surface area contributed by atoms with E-state index in [1.807, 2.05) is 6.07 Å². The van der Waals surface area contributed by atoms with E-state index in [2.05, 4.69) is 20.2 Å². The van der Waals surface area contributed by atoms with Crippen molar-refractivity contribution >= 4 is 38.9 Å². The van der Waals surface area contributed by atoms with E-state index in [1.54, 1.807) is 30.5 Å². The number of hydrogen-bond acceptors (Lipinski definition) is 4. The van der Waals surface area contributed by atoms with Crippen molar-refractivity contribution in [2.24, 2.45) is 0 Å². The van der Waals surface area contributed by atoms with Crippen LogP contribution in [-0.2, 0) is 10.0 Å². The van der Waals surface area contributed by atoms with Crippen LogP contribution in [0.4, 0.5) is 15.8 Å². The summed E-state index contributed by atoms with van der Waals surface area (Å²) in [6, 6.07) is 17.5. The smallest absolute Gasteiger partial charge is 0.261 e. The first-order valence-electron chi connectivity index (χ1n) is 9.31. The van der Waals surface area contributed by atoms with Crippen LogP contribution in [0.15, 0.2) is 83.9 Å². The molecule has 0 atom stereocenters. The van der Waals surface area contributed by atoms with Gasteiger partial charge in [-0.1, -0.05) is 23.7 Å². The summed E-state index contributed by atoms with van der Waals surface area (Å²) in [7, 11) is -4.03. The maximum Gasteiger partial charge on any atom is 0.261 e. The van der Waals surface area contributed by atoms with Crippen molar-refractivity contribution in [1.82, 2.24) is 10.2 Å². The van der Waals surface area contributed by atoms with Gasteiger partial charge in [0, 0.05) is 23.0 Å². The van der Waals surface area contributed by atoms with Gasteiger partial charge >= 0.3 is 0 Å². The number of aromatic nitrogens is 2. The van der Waals surface area contributed by atoms with E-state index in [4.69, 9.17) is 11.6 Å². The van der Waals surface area contributed by atoms with Crippen LogP contribution >= 0.6 is 11.6 Å². The van der Waals surface area contributed by atoms with Gasteiger partial charge in [0.1, 0.15) is 5.82 Å². The third-order valence-corrected chi connectivity index (χ3v) is 6.24. The van der Waals surface area contributed by atoms with Crippen LogP contribution in [0.25, 0.3) is 11.3 Å². The molecule has 3 aromatic carbocycles. The van der Waals surface area contributed by atoms with Crippen molar-refractivity contribution in [2.45, 2.75) is 4.90 Å². The lowest BCUT2D eigenvalue weighted by molar-refractivity contribution is 0.102. The molecular formula is C22H16ClFN4O3S. The van der Waals surface area contributed by atoms with Crippen molar-refractivity contribution in [3.05, 3.63) is 95.4 Å². The van der Waals surface area contributed by atoms with Gasteiger partial charge in [0.15, 0.2) is 0 Å². The molecule has 4 rings (SSSR count). The van der Waals surface area contributed by atoms with Crippen molar-refractivity contribution < 1.29 is 17.6 Å². The molecule has 0 aliphatic rings. The van der Waals surface area contributed by atoms with Crippen molar-refractivity contribution in [2.75, 3.05) is 10.0 Å². The van der Waals surface area contributed by atoms with Gasteiger partial charge in [-0.25, -0.2) is 12.8 Å². The zero-order chi connectivity index (χ0) is 22.7. The summed E-state index contributed by atoms with van der Waals surface area (Å²) < 4.78 is 40.6. The summed E-state index contributed by atoms with van der Waals surface area (Å²) in [4.78, 5) is 12.6. The highest BCUT2D eigenvalue weighted by molar-refractivity contribution is 7.92. The van der Waals surface area contributed by atoms with E-state index in [1.165, 1.54) is 18.2 Å². The largest absolute Gasteiger partial charge is 0.322 e. The second kappa shape index (κ2) is 8.81. The molecule has 3 N–H and O–H groups in total. The number of aromatic amines is 1. The van der Waals surface area contributed by atoms with Crippen LogP contribution in [-0.4, -0.2) is 24.5 Å². The minimum absolute atomic E-state index is 0.0230. The fraction of sp³-hybridized carbons (Fsp3) is 0. The van der Waals surface area contributed by atoms with Crippen molar-refractivity contribution in [3.63, 3.8) is 0 Å². The molecule has 0 fully saturated rings. The predicted octanol–water partition coefficient (Wildman–Crippen LogP) is 4.92. The Morgan fingerprint density at radius 1 is 1.00 bits per heavy atom. The van der Waals surface area contributed by atoms with Crippen LogP contribution in [0.2, 0.25) is 5.02 Å². The van der Waals surface area contributed by atoms with Crippen molar-refractivity contribution in [3.8, 4) is 11.3 Å². The normalized spacial score (nSPS) is 11.2. The first-order valence-corrected chi connectivity index (χ1v) is 11.2. The molecule has 1 aromatic heterocycles.